The van der Waals surface area contributed by atoms with E-state index in [4.69, 9.17) is 0 Å². The van der Waals surface area contributed by atoms with Gasteiger partial charge in [0, 0.05) is 12.2 Å². The molecule has 3 aromatic rings. The summed E-state index contributed by atoms with van der Waals surface area (Å²) >= 11 is 0. The fraction of sp³-hybridized carbons (Fsp3) is 0.200. The van der Waals surface area contributed by atoms with Crippen LogP contribution in [0.1, 0.15) is 23.1 Å². The summed E-state index contributed by atoms with van der Waals surface area (Å²) in [5, 5.41) is 6.22. The van der Waals surface area contributed by atoms with E-state index in [0.29, 0.717) is 0 Å². The largest absolute Gasteiger partial charge is 0.385 e. The molecule has 1 aliphatic rings. The van der Waals surface area contributed by atoms with Gasteiger partial charge in [-0.2, -0.15) is 0 Å². The van der Waals surface area contributed by atoms with Crippen molar-refractivity contribution in [2.75, 3.05) is 11.9 Å². The van der Waals surface area contributed by atoms with Crippen molar-refractivity contribution in [2.45, 2.75) is 19.3 Å². The van der Waals surface area contributed by atoms with Gasteiger partial charge in [0.05, 0.1) is 0 Å². The molecule has 3 aromatic carbocycles. The Morgan fingerprint density at radius 3 is 2.81 bits per heavy atom. The summed E-state index contributed by atoms with van der Waals surface area (Å²) in [4.78, 5) is 0. The van der Waals surface area contributed by atoms with E-state index in [2.05, 4.69) is 66.0 Å². The molecule has 0 atom stereocenters. The molecule has 0 fully saturated rings. The minimum Gasteiger partial charge on any atom is -0.385 e. The van der Waals surface area contributed by atoms with E-state index in [1.165, 1.54) is 46.0 Å². The highest BCUT2D eigenvalue weighted by Gasteiger charge is 2.09. The molecule has 0 aromatic heterocycles. The molecule has 1 heterocycles. The van der Waals surface area contributed by atoms with Crippen LogP contribution in [0.4, 0.5) is 5.69 Å². The summed E-state index contributed by atoms with van der Waals surface area (Å²) in [6.07, 6.45) is 3.45. The van der Waals surface area contributed by atoms with Crippen molar-refractivity contribution in [1.29, 1.82) is 0 Å². The third kappa shape index (κ3) is 2.40. The highest BCUT2D eigenvalue weighted by atomic mass is 14.9. The number of nitrogens with one attached hydrogen (secondary N) is 1. The van der Waals surface area contributed by atoms with E-state index in [1.807, 2.05) is 0 Å². The number of anilines is 1. The standard InChI is InChI=1S/C20H19N/c1-2-9-19-16(5-1)6-3-7-18(19)13-15-10-11-17-8-4-12-21-20(17)14-15/h1-3,5-7,9-11,14,21H,4,8,12-13H2. The molecule has 0 spiro atoms. The molecule has 0 bridgehead atoms. The molecule has 1 nitrogen and oxygen atoms in total. The Morgan fingerprint density at radius 1 is 0.905 bits per heavy atom. The van der Waals surface area contributed by atoms with E-state index in [0.717, 1.165) is 13.0 Å². The molecular formula is C20H19N. The predicted molar refractivity (Wildman–Crippen MR) is 90.0 cm³/mol. The summed E-state index contributed by atoms with van der Waals surface area (Å²) in [7, 11) is 0. The number of hydrogen-bond donors (Lipinski definition) is 1. The average Bonchev–Trinajstić information content (AvgIpc) is 2.55. The van der Waals surface area contributed by atoms with Crippen LogP contribution in [-0.2, 0) is 12.8 Å². The molecule has 0 aliphatic carbocycles. The normalized spacial score (nSPS) is 13.7. The van der Waals surface area contributed by atoms with Crippen LogP contribution in [0.3, 0.4) is 0 Å². The molecule has 0 saturated carbocycles. The number of benzene rings is 3. The topological polar surface area (TPSA) is 12.0 Å². The number of rotatable bonds is 2. The van der Waals surface area contributed by atoms with Crippen LogP contribution in [0.15, 0.2) is 60.7 Å². The molecule has 0 radical (unpaired) electrons. The van der Waals surface area contributed by atoms with Crippen LogP contribution in [0.2, 0.25) is 0 Å². The van der Waals surface area contributed by atoms with Gasteiger partial charge in [0.2, 0.25) is 0 Å². The van der Waals surface area contributed by atoms with Crippen molar-refractivity contribution < 1.29 is 0 Å². The van der Waals surface area contributed by atoms with Crippen LogP contribution in [0.25, 0.3) is 10.8 Å². The van der Waals surface area contributed by atoms with Crippen molar-refractivity contribution in [3.8, 4) is 0 Å². The molecule has 1 N–H and O–H groups in total. The summed E-state index contributed by atoms with van der Waals surface area (Å²) < 4.78 is 0. The van der Waals surface area contributed by atoms with Gasteiger partial charge in [-0.3, -0.25) is 0 Å². The van der Waals surface area contributed by atoms with E-state index in [1.54, 1.807) is 0 Å². The van der Waals surface area contributed by atoms with Crippen molar-refractivity contribution in [3.63, 3.8) is 0 Å². The third-order valence-electron chi connectivity index (χ3n) is 4.39. The van der Waals surface area contributed by atoms with Gasteiger partial charge in [0.15, 0.2) is 0 Å². The van der Waals surface area contributed by atoms with Gasteiger partial charge >= 0.3 is 0 Å². The monoisotopic (exact) mass is 273 g/mol. The molecule has 4 rings (SSSR count). The van der Waals surface area contributed by atoms with Gasteiger partial charge in [-0.05, 0) is 52.8 Å². The first-order valence-electron chi connectivity index (χ1n) is 7.72. The highest BCUT2D eigenvalue weighted by Crippen LogP contribution is 2.26. The zero-order chi connectivity index (χ0) is 14.1. The lowest BCUT2D eigenvalue weighted by Crippen LogP contribution is -2.11. The van der Waals surface area contributed by atoms with Crippen molar-refractivity contribution in [2.24, 2.45) is 0 Å². The Kier molecular flexibility index (Phi) is 3.11. The van der Waals surface area contributed by atoms with Gasteiger partial charge in [0.1, 0.15) is 0 Å². The molecule has 1 heteroatoms. The summed E-state index contributed by atoms with van der Waals surface area (Å²) in [5.74, 6) is 0. The number of fused-ring (bicyclic) bond motifs is 2. The quantitative estimate of drug-likeness (QED) is 0.708. The molecule has 104 valence electrons. The molecule has 1 aliphatic heterocycles. The maximum Gasteiger partial charge on any atom is 0.0375 e. The molecule has 21 heavy (non-hydrogen) atoms. The smallest absolute Gasteiger partial charge is 0.0375 e. The third-order valence-corrected chi connectivity index (χ3v) is 4.39. The van der Waals surface area contributed by atoms with Crippen LogP contribution in [0, 0.1) is 0 Å². The first kappa shape index (κ1) is 12.5. The fourth-order valence-electron chi connectivity index (χ4n) is 3.28. The van der Waals surface area contributed by atoms with Crippen molar-refractivity contribution in [3.05, 3.63) is 77.4 Å². The first-order chi connectivity index (χ1) is 10.4. The van der Waals surface area contributed by atoms with Gasteiger partial charge in [0.25, 0.3) is 0 Å². The van der Waals surface area contributed by atoms with Crippen LogP contribution in [0.5, 0.6) is 0 Å². The van der Waals surface area contributed by atoms with E-state index in [9.17, 15) is 0 Å². The molecule has 0 amide bonds. The Morgan fingerprint density at radius 2 is 1.81 bits per heavy atom. The van der Waals surface area contributed by atoms with E-state index >= 15 is 0 Å². The fourth-order valence-corrected chi connectivity index (χ4v) is 3.28. The Bertz CT molecular complexity index is 783. The van der Waals surface area contributed by atoms with Crippen LogP contribution >= 0.6 is 0 Å². The predicted octanol–water partition coefficient (Wildman–Crippen LogP) is 4.79. The maximum atomic E-state index is 3.53. The van der Waals surface area contributed by atoms with Gasteiger partial charge < -0.3 is 5.32 Å². The zero-order valence-electron chi connectivity index (χ0n) is 12.1. The first-order valence-corrected chi connectivity index (χ1v) is 7.72. The van der Waals surface area contributed by atoms with Gasteiger partial charge in [-0.1, -0.05) is 54.6 Å². The lowest BCUT2D eigenvalue weighted by Gasteiger charge is -2.19. The minimum atomic E-state index is 0.996. The SMILES string of the molecule is c1ccc2c(Cc3ccc4c(c3)NCCC4)cccc2c1. The van der Waals surface area contributed by atoms with Crippen molar-refractivity contribution >= 4 is 16.5 Å². The maximum absolute atomic E-state index is 3.53. The lowest BCUT2D eigenvalue weighted by molar-refractivity contribution is 0.829. The van der Waals surface area contributed by atoms with E-state index < -0.39 is 0 Å². The summed E-state index contributed by atoms with van der Waals surface area (Å²) in [6, 6.07) is 22.1. The molecule has 0 saturated heterocycles. The Balaban J connectivity index is 1.71. The second-order valence-electron chi connectivity index (χ2n) is 5.84. The average molecular weight is 273 g/mol. The van der Waals surface area contributed by atoms with Gasteiger partial charge in [-0.25, -0.2) is 0 Å². The second kappa shape index (κ2) is 5.25. The number of hydrogen-bond acceptors (Lipinski definition) is 1. The second-order valence-corrected chi connectivity index (χ2v) is 5.84. The molecular weight excluding hydrogens is 254 g/mol. The molecule has 0 unspecified atom stereocenters. The summed E-state index contributed by atoms with van der Waals surface area (Å²) in [6.45, 7) is 1.10. The van der Waals surface area contributed by atoms with Crippen LogP contribution < -0.4 is 5.32 Å². The number of aryl methyl sites for hydroxylation is 1. The van der Waals surface area contributed by atoms with Gasteiger partial charge in [-0.15, -0.1) is 0 Å². The Labute approximate surface area is 125 Å². The van der Waals surface area contributed by atoms with Crippen LogP contribution in [-0.4, -0.2) is 6.54 Å². The minimum absolute atomic E-state index is 0.996. The zero-order valence-corrected chi connectivity index (χ0v) is 12.1. The Hall–Kier alpha value is -2.28. The van der Waals surface area contributed by atoms with Crippen molar-refractivity contribution in [1.82, 2.24) is 0 Å². The lowest BCUT2D eigenvalue weighted by atomic mass is 9.95. The highest BCUT2D eigenvalue weighted by molar-refractivity contribution is 5.86. The summed E-state index contributed by atoms with van der Waals surface area (Å²) in [5.41, 5.74) is 5.59. The van der Waals surface area contributed by atoms with E-state index in [-0.39, 0.29) is 0 Å².